The van der Waals surface area contributed by atoms with E-state index in [4.69, 9.17) is 9.47 Å². The Hall–Kier alpha value is -2.45. The molecule has 1 aliphatic carbocycles. The zero-order valence-corrected chi connectivity index (χ0v) is 18.2. The molecule has 0 spiro atoms. The summed E-state index contributed by atoms with van der Waals surface area (Å²) in [6.07, 6.45) is 7.65. The van der Waals surface area contributed by atoms with E-state index >= 15 is 0 Å². The number of piperidine rings is 1. The van der Waals surface area contributed by atoms with E-state index in [0.717, 1.165) is 61.5 Å². The minimum Gasteiger partial charge on any atom is -0.489 e. The number of ether oxygens (including phenoxy) is 2. The maximum atomic E-state index is 12.9. The van der Waals surface area contributed by atoms with Gasteiger partial charge in [-0.2, -0.15) is 5.01 Å². The van der Waals surface area contributed by atoms with Crippen LogP contribution in [0.15, 0.2) is 18.2 Å². The maximum Gasteiger partial charge on any atom is 0.273 e. The third kappa shape index (κ3) is 3.40. The monoisotopic (exact) mass is 439 g/mol. The fourth-order valence-electron chi connectivity index (χ4n) is 6.08. The number of hydrazine groups is 1. The van der Waals surface area contributed by atoms with E-state index in [1.54, 1.807) is 6.07 Å². The number of hydrogen-bond donors (Lipinski definition) is 0. The molecule has 3 amide bonds. The highest BCUT2D eigenvalue weighted by atomic mass is 16.5. The summed E-state index contributed by atoms with van der Waals surface area (Å²) >= 11 is 0. The normalized spacial score (nSPS) is 32.7. The zero-order valence-electron chi connectivity index (χ0n) is 18.2. The highest BCUT2D eigenvalue weighted by Crippen LogP contribution is 2.35. The van der Waals surface area contributed by atoms with Gasteiger partial charge in [0.05, 0.1) is 18.8 Å². The molecule has 0 aromatic heterocycles. The lowest BCUT2D eigenvalue weighted by Gasteiger charge is -2.38. The van der Waals surface area contributed by atoms with E-state index in [2.05, 4.69) is 4.90 Å². The van der Waals surface area contributed by atoms with Crippen LogP contribution in [0.5, 0.6) is 5.75 Å². The Labute approximate surface area is 187 Å². The molecular weight excluding hydrogens is 410 g/mol. The number of hydrogen-bond acceptors (Lipinski definition) is 6. The second-order valence-electron chi connectivity index (χ2n) is 9.70. The van der Waals surface area contributed by atoms with Crippen LogP contribution >= 0.6 is 0 Å². The summed E-state index contributed by atoms with van der Waals surface area (Å²) in [5.41, 5.74) is 1.34. The van der Waals surface area contributed by atoms with Crippen molar-refractivity contribution in [3.8, 4) is 5.75 Å². The van der Waals surface area contributed by atoms with Gasteiger partial charge in [0.15, 0.2) is 0 Å². The van der Waals surface area contributed by atoms with Gasteiger partial charge in [-0.25, -0.2) is 5.01 Å². The van der Waals surface area contributed by atoms with Crippen LogP contribution in [0.3, 0.4) is 0 Å². The smallest absolute Gasteiger partial charge is 0.273 e. The van der Waals surface area contributed by atoms with E-state index in [9.17, 15) is 14.4 Å². The second-order valence-corrected chi connectivity index (χ2v) is 9.70. The molecule has 0 N–H and O–H groups in total. The third-order valence-corrected chi connectivity index (χ3v) is 7.60. The Morgan fingerprint density at radius 2 is 1.66 bits per heavy atom. The minimum absolute atomic E-state index is 0.129. The molecule has 1 aromatic carbocycles. The molecule has 8 heteroatoms. The first kappa shape index (κ1) is 20.2. The molecule has 0 radical (unpaired) electrons. The first-order valence-corrected chi connectivity index (χ1v) is 11.9. The van der Waals surface area contributed by atoms with Crippen LogP contribution in [-0.4, -0.2) is 70.1 Å². The van der Waals surface area contributed by atoms with Crippen LogP contribution in [0.25, 0.3) is 0 Å². The predicted molar refractivity (Wildman–Crippen MR) is 114 cm³/mol. The summed E-state index contributed by atoms with van der Waals surface area (Å²) in [4.78, 5) is 40.0. The van der Waals surface area contributed by atoms with Crippen molar-refractivity contribution in [2.24, 2.45) is 0 Å². The molecule has 2 unspecified atom stereocenters. The van der Waals surface area contributed by atoms with Gasteiger partial charge < -0.3 is 9.47 Å². The Kier molecular flexibility index (Phi) is 4.95. The number of rotatable bonds is 4. The highest BCUT2D eigenvalue weighted by molar-refractivity contribution is 6.04. The van der Waals surface area contributed by atoms with Crippen molar-refractivity contribution in [1.82, 2.24) is 14.9 Å². The van der Waals surface area contributed by atoms with E-state index in [-0.39, 0.29) is 30.4 Å². The molecule has 1 aromatic rings. The second kappa shape index (κ2) is 7.85. The van der Waals surface area contributed by atoms with Crippen LogP contribution in [0.4, 0.5) is 0 Å². The number of morpholine rings is 1. The van der Waals surface area contributed by atoms with Gasteiger partial charge >= 0.3 is 0 Å². The van der Waals surface area contributed by atoms with Crippen molar-refractivity contribution >= 4 is 17.7 Å². The minimum atomic E-state index is -0.299. The Morgan fingerprint density at radius 1 is 0.906 bits per heavy atom. The Bertz CT molecular complexity index is 937. The largest absolute Gasteiger partial charge is 0.489 e. The van der Waals surface area contributed by atoms with Gasteiger partial charge in [0.25, 0.3) is 5.91 Å². The number of imide groups is 1. The van der Waals surface area contributed by atoms with Crippen LogP contribution in [0.2, 0.25) is 0 Å². The zero-order chi connectivity index (χ0) is 21.8. The average Bonchev–Trinajstić information content (AvgIpc) is 3.46. The van der Waals surface area contributed by atoms with Crippen molar-refractivity contribution in [1.29, 1.82) is 0 Å². The summed E-state index contributed by atoms with van der Waals surface area (Å²) in [7, 11) is 0. The van der Waals surface area contributed by atoms with Gasteiger partial charge in [-0.15, -0.1) is 0 Å². The quantitative estimate of drug-likeness (QED) is 0.670. The molecule has 170 valence electrons. The number of fused-ring (bicyclic) bond motifs is 3. The fraction of sp³-hybridized carbons (Fsp3) is 0.625. The first-order valence-electron chi connectivity index (χ1n) is 11.9. The number of benzene rings is 1. The lowest BCUT2D eigenvalue weighted by Crippen LogP contribution is -2.51. The van der Waals surface area contributed by atoms with E-state index in [0.29, 0.717) is 43.1 Å². The number of amides is 3. The van der Waals surface area contributed by atoms with Crippen molar-refractivity contribution in [2.45, 2.75) is 82.3 Å². The first-order chi connectivity index (χ1) is 15.6. The van der Waals surface area contributed by atoms with Crippen molar-refractivity contribution < 1.29 is 23.9 Å². The molecule has 3 saturated heterocycles. The van der Waals surface area contributed by atoms with Crippen molar-refractivity contribution in [3.63, 3.8) is 0 Å². The molecule has 2 bridgehead atoms. The van der Waals surface area contributed by atoms with Crippen LogP contribution < -0.4 is 4.74 Å². The van der Waals surface area contributed by atoms with Crippen LogP contribution in [0.1, 0.15) is 67.3 Å². The lowest BCUT2D eigenvalue weighted by atomic mass is 10.1. The molecule has 8 nitrogen and oxygen atoms in total. The molecular formula is C24H29N3O5. The summed E-state index contributed by atoms with van der Waals surface area (Å²) in [5, 5.41) is 2.34. The van der Waals surface area contributed by atoms with Gasteiger partial charge in [-0.05, 0) is 62.3 Å². The van der Waals surface area contributed by atoms with Crippen LogP contribution in [-0.2, 0) is 20.9 Å². The number of carbonyl (C=O) groups excluding carboxylic acids is 3. The molecule has 5 aliphatic rings. The summed E-state index contributed by atoms with van der Waals surface area (Å²) in [5.74, 6) is -0.139. The highest BCUT2D eigenvalue weighted by Gasteiger charge is 2.42. The van der Waals surface area contributed by atoms with Gasteiger partial charge in [0.2, 0.25) is 11.8 Å². The van der Waals surface area contributed by atoms with E-state index in [1.807, 2.05) is 12.1 Å². The SMILES string of the molecule is O=C1c2ccc(O[C@H]3CCC[C@@H]3N3CC4CCC(C3)O4)cc2CN1N1C(=O)CCCC1=O. The number of likely N-dealkylation sites (tertiary alicyclic amines) is 1. The predicted octanol–water partition coefficient (Wildman–Crippen LogP) is 2.26. The van der Waals surface area contributed by atoms with Gasteiger partial charge in [0, 0.05) is 37.5 Å². The average molecular weight is 440 g/mol. The third-order valence-electron chi connectivity index (χ3n) is 7.60. The molecule has 32 heavy (non-hydrogen) atoms. The van der Waals surface area contributed by atoms with Crippen molar-refractivity contribution in [3.05, 3.63) is 29.3 Å². The van der Waals surface area contributed by atoms with Gasteiger partial charge in [-0.1, -0.05) is 0 Å². The molecule has 4 fully saturated rings. The summed E-state index contributed by atoms with van der Waals surface area (Å²) < 4.78 is 12.5. The molecule has 4 heterocycles. The number of nitrogens with zero attached hydrogens (tertiary/aromatic N) is 3. The topological polar surface area (TPSA) is 79.4 Å². The van der Waals surface area contributed by atoms with E-state index < -0.39 is 0 Å². The fourth-order valence-corrected chi connectivity index (χ4v) is 6.08. The molecule has 1 saturated carbocycles. The van der Waals surface area contributed by atoms with E-state index in [1.165, 1.54) is 5.01 Å². The van der Waals surface area contributed by atoms with Gasteiger partial charge in [-0.3, -0.25) is 19.3 Å². The summed E-state index contributed by atoms with van der Waals surface area (Å²) in [6, 6.07) is 5.92. The molecule has 6 rings (SSSR count). The summed E-state index contributed by atoms with van der Waals surface area (Å²) in [6.45, 7) is 2.21. The Morgan fingerprint density at radius 3 is 2.41 bits per heavy atom. The lowest BCUT2D eigenvalue weighted by molar-refractivity contribution is -0.163. The molecule has 4 aliphatic heterocycles. The standard InChI is InChI=1S/C24H29N3O5/c28-22-5-2-6-23(29)27(22)26-12-15-11-16(9-10-19(15)24(26)30)32-21-4-1-3-20(21)25-13-17-7-8-18(14-25)31-17/h9-11,17-18,20-21H,1-8,12-14H2/t17?,18?,20-,21-/m0/s1. The van der Waals surface area contributed by atoms with Gasteiger partial charge in [0.1, 0.15) is 11.9 Å². The molecule has 4 atom stereocenters. The van der Waals surface area contributed by atoms with Crippen molar-refractivity contribution in [2.75, 3.05) is 13.1 Å². The number of carbonyl (C=O) groups is 3. The van der Waals surface area contributed by atoms with Crippen LogP contribution in [0, 0.1) is 0 Å². The maximum absolute atomic E-state index is 12.9. The Balaban J connectivity index is 1.17.